The number of H-pyrrole nitrogens is 1. The first-order valence-electron chi connectivity index (χ1n) is 7.61. The molecule has 6 nitrogen and oxygen atoms in total. The van der Waals surface area contributed by atoms with Gasteiger partial charge >= 0.3 is 5.69 Å². The first kappa shape index (κ1) is 18.3. The van der Waals surface area contributed by atoms with E-state index in [0.717, 1.165) is 11.1 Å². The molecule has 0 aliphatic heterocycles. The van der Waals surface area contributed by atoms with Gasteiger partial charge in [0.1, 0.15) is 11.4 Å². The predicted molar refractivity (Wildman–Crippen MR) is 95.1 cm³/mol. The molecular weight excluding hydrogens is 330 g/mol. The number of halogens is 1. The van der Waals surface area contributed by atoms with Crippen LogP contribution in [0, 0.1) is 13.8 Å². The largest absolute Gasteiger partial charge is 0.486 e. The Morgan fingerprint density at radius 1 is 1.25 bits per heavy atom. The average Bonchev–Trinajstić information content (AvgIpc) is 2.48. The second kappa shape index (κ2) is 6.83. The maximum absolute atomic E-state index is 12.0. The summed E-state index contributed by atoms with van der Waals surface area (Å²) >= 11 is 6.16. The molecule has 0 amide bonds. The molecule has 1 aromatic carbocycles. The zero-order valence-corrected chi connectivity index (χ0v) is 15.0. The van der Waals surface area contributed by atoms with Crippen LogP contribution in [0.4, 0.5) is 0 Å². The summed E-state index contributed by atoms with van der Waals surface area (Å²) in [5.41, 5.74) is 6.38. The van der Waals surface area contributed by atoms with Crippen molar-refractivity contribution < 1.29 is 4.74 Å². The first-order valence-corrected chi connectivity index (χ1v) is 7.99. The van der Waals surface area contributed by atoms with E-state index in [1.165, 1.54) is 10.8 Å². The zero-order chi connectivity index (χ0) is 18.1. The number of hydrogen-bond acceptors (Lipinski definition) is 4. The van der Waals surface area contributed by atoms with Crippen LogP contribution in [0.3, 0.4) is 0 Å². The van der Waals surface area contributed by atoms with Gasteiger partial charge in [-0.25, -0.2) is 4.79 Å². The zero-order valence-electron chi connectivity index (χ0n) is 14.3. The minimum Gasteiger partial charge on any atom is -0.486 e. The molecular formula is C17H22ClN3O3. The van der Waals surface area contributed by atoms with Crippen LogP contribution >= 0.6 is 11.6 Å². The fraction of sp³-hybridized carbons (Fsp3) is 0.412. The predicted octanol–water partition coefficient (Wildman–Crippen LogP) is 1.97. The number of nitrogens with two attached hydrogens (primary N) is 1. The summed E-state index contributed by atoms with van der Waals surface area (Å²) in [6.45, 7) is 7.88. The molecule has 0 radical (unpaired) electrons. The molecule has 2 rings (SSSR count). The monoisotopic (exact) mass is 351 g/mol. The van der Waals surface area contributed by atoms with Crippen molar-refractivity contribution >= 4 is 11.6 Å². The van der Waals surface area contributed by atoms with Gasteiger partial charge in [0, 0.05) is 28.9 Å². The van der Waals surface area contributed by atoms with Gasteiger partial charge in [0.15, 0.2) is 0 Å². The standard InChI is InChI=1S/C17H22ClN3O3/c1-10-5-13(18)6-12(14(10)24-17(3,4)9-19)8-21-7-11(2)15(22)20-16(21)23/h5-7H,8-9,19H2,1-4H3,(H,20,22,23). The number of aromatic nitrogens is 2. The van der Waals surface area contributed by atoms with Crippen LogP contribution in [0.15, 0.2) is 27.9 Å². The highest BCUT2D eigenvalue weighted by Gasteiger charge is 2.21. The third-order valence-corrected chi connectivity index (χ3v) is 3.93. The van der Waals surface area contributed by atoms with E-state index >= 15 is 0 Å². The molecule has 0 aliphatic carbocycles. The van der Waals surface area contributed by atoms with Gasteiger partial charge in [-0.1, -0.05) is 11.6 Å². The summed E-state index contributed by atoms with van der Waals surface area (Å²) in [4.78, 5) is 25.8. The third kappa shape index (κ3) is 4.07. The number of nitrogens with one attached hydrogen (secondary N) is 1. The first-order chi connectivity index (χ1) is 11.1. The van der Waals surface area contributed by atoms with Crippen molar-refractivity contribution in [3.05, 3.63) is 60.9 Å². The van der Waals surface area contributed by atoms with Crippen LogP contribution in [0.1, 0.15) is 30.5 Å². The van der Waals surface area contributed by atoms with Crippen LogP contribution < -0.4 is 21.7 Å². The summed E-state index contributed by atoms with van der Waals surface area (Å²) < 4.78 is 7.48. The number of benzene rings is 1. The number of nitrogens with zero attached hydrogens (tertiary/aromatic N) is 1. The molecule has 1 aromatic heterocycles. The summed E-state index contributed by atoms with van der Waals surface area (Å²) in [7, 11) is 0. The summed E-state index contributed by atoms with van der Waals surface area (Å²) in [6.07, 6.45) is 1.52. The van der Waals surface area contributed by atoms with E-state index in [9.17, 15) is 9.59 Å². The molecule has 0 fully saturated rings. The van der Waals surface area contributed by atoms with Crippen molar-refractivity contribution in [2.75, 3.05) is 6.54 Å². The fourth-order valence-corrected chi connectivity index (χ4v) is 2.60. The lowest BCUT2D eigenvalue weighted by Crippen LogP contribution is -2.38. The molecule has 0 saturated carbocycles. The second-order valence-electron chi connectivity index (χ2n) is 6.48. The molecule has 0 spiro atoms. The number of aryl methyl sites for hydroxylation is 2. The number of rotatable bonds is 5. The van der Waals surface area contributed by atoms with Crippen LogP contribution in [0.5, 0.6) is 5.75 Å². The fourth-order valence-electron chi connectivity index (χ4n) is 2.30. The van der Waals surface area contributed by atoms with Gasteiger partial charge in [0.25, 0.3) is 5.56 Å². The SMILES string of the molecule is Cc1cc(Cl)cc(Cn2cc(C)c(=O)[nH]c2=O)c1OC(C)(C)CN. The van der Waals surface area contributed by atoms with E-state index in [-0.39, 0.29) is 12.1 Å². The second-order valence-corrected chi connectivity index (χ2v) is 6.91. The van der Waals surface area contributed by atoms with Gasteiger partial charge < -0.3 is 10.5 Å². The number of hydrogen-bond donors (Lipinski definition) is 2. The molecule has 2 aromatic rings. The Labute approximate surface area is 145 Å². The van der Waals surface area contributed by atoms with Crippen molar-refractivity contribution in [2.24, 2.45) is 5.73 Å². The Balaban J connectivity index is 2.52. The number of aromatic amines is 1. The summed E-state index contributed by atoms with van der Waals surface area (Å²) in [5.74, 6) is 0.644. The van der Waals surface area contributed by atoms with Crippen molar-refractivity contribution in [3.63, 3.8) is 0 Å². The number of ether oxygens (including phenoxy) is 1. The molecule has 7 heteroatoms. The summed E-state index contributed by atoms with van der Waals surface area (Å²) in [6, 6.07) is 3.55. The normalized spacial score (nSPS) is 11.6. The van der Waals surface area contributed by atoms with Crippen molar-refractivity contribution in [1.82, 2.24) is 9.55 Å². The van der Waals surface area contributed by atoms with Gasteiger partial charge in [0.2, 0.25) is 0 Å². The Hall–Kier alpha value is -2.05. The average molecular weight is 352 g/mol. The van der Waals surface area contributed by atoms with Crippen LogP contribution in [-0.4, -0.2) is 21.7 Å². The lowest BCUT2D eigenvalue weighted by Gasteiger charge is -2.27. The van der Waals surface area contributed by atoms with Crippen LogP contribution in [0.2, 0.25) is 5.02 Å². The minimum absolute atomic E-state index is 0.230. The molecule has 0 atom stereocenters. The summed E-state index contributed by atoms with van der Waals surface area (Å²) in [5, 5.41) is 0.551. The van der Waals surface area contributed by atoms with E-state index in [1.54, 1.807) is 19.1 Å². The Morgan fingerprint density at radius 3 is 2.54 bits per heavy atom. The maximum Gasteiger partial charge on any atom is 0.328 e. The van der Waals surface area contributed by atoms with Crippen molar-refractivity contribution in [3.8, 4) is 5.75 Å². The molecule has 3 N–H and O–H groups in total. The van der Waals surface area contributed by atoms with Crippen LogP contribution in [-0.2, 0) is 6.54 Å². The molecule has 0 unspecified atom stereocenters. The highest BCUT2D eigenvalue weighted by atomic mass is 35.5. The van der Waals surface area contributed by atoms with E-state index in [0.29, 0.717) is 22.9 Å². The Morgan fingerprint density at radius 2 is 1.92 bits per heavy atom. The van der Waals surface area contributed by atoms with Crippen molar-refractivity contribution in [1.29, 1.82) is 0 Å². The van der Waals surface area contributed by atoms with Gasteiger partial charge in [-0.2, -0.15) is 0 Å². The Kier molecular flexibility index (Phi) is 5.20. The van der Waals surface area contributed by atoms with Gasteiger partial charge in [0.05, 0.1) is 6.54 Å². The molecule has 0 aliphatic rings. The minimum atomic E-state index is -0.556. The highest BCUT2D eigenvalue weighted by Crippen LogP contribution is 2.31. The molecule has 1 heterocycles. The third-order valence-electron chi connectivity index (χ3n) is 3.72. The lowest BCUT2D eigenvalue weighted by atomic mass is 10.1. The molecule has 0 saturated heterocycles. The van der Waals surface area contributed by atoms with E-state index in [4.69, 9.17) is 22.1 Å². The van der Waals surface area contributed by atoms with E-state index in [2.05, 4.69) is 4.98 Å². The van der Waals surface area contributed by atoms with Crippen molar-refractivity contribution in [2.45, 2.75) is 39.8 Å². The van der Waals surface area contributed by atoms with Crippen LogP contribution in [0.25, 0.3) is 0 Å². The lowest BCUT2D eigenvalue weighted by molar-refractivity contribution is 0.116. The highest BCUT2D eigenvalue weighted by molar-refractivity contribution is 6.30. The van der Waals surface area contributed by atoms with Gasteiger partial charge in [-0.3, -0.25) is 14.3 Å². The molecule has 0 bridgehead atoms. The van der Waals surface area contributed by atoms with E-state index in [1.807, 2.05) is 20.8 Å². The smallest absolute Gasteiger partial charge is 0.328 e. The van der Waals surface area contributed by atoms with E-state index < -0.39 is 11.3 Å². The molecule has 24 heavy (non-hydrogen) atoms. The Bertz CT molecular complexity index is 868. The van der Waals surface area contributed by atoms with Gasteiger partial charge in [-0.05, 0) is 45.4 Å². The topological polar surface area (TPSA) is 90.1 Å². The molecule has 130 valence electrons. The maximum atomic E-state index is 12.0. The van der Waals surface area contributed by atoms with Gasteiger partial charge in [-0.15, -0.1) is 0 Å². The quantitative estimate of drug-likeness (QED) is 0.861.